The summed E-state index contributed by atoms with van der Waals surface area (Å²) in [5.41, 5.74) is 5.92. The van der Waals surface area contributed by atoms with Gasteiger partial charge in [-0.25, -0.2) is 0 Å². The molecule has 5 heteroatoms. The molecule has 2 aliphatic heterocycles. The first-order chi connectivity index (χ1) is 8.24. The first-order valence-corrected chi connectivity index (χ1v) is 6.87. The van der Waals surface area contributed by atoms with Gasteiger partial charge in [0.1, 0.15) is 6.04 Å². The quantitative estimate of drug-likeness (QED) is 0.849. The van der Waals surface area contributed by atoms with Crippen molar-refractivity contribution in [3.63, 3.8) is 0 Å². The second-order valence-corrected chi connectivity index (χ2v) is 5.70. The molecule has 4 atom stereocenters. The second-order valence-electron chi connectivity index (χ2n) is 4.72. The highest BCUT2D eigenvalue weighted by Gasteiger charge is 2.41. The standard InChI is InChI=1S/C12H16N2O2S/c13-11(10-2-1-5-17-10)12(15)14-8-6-7-3-4-9(8)16-7/h1-2,5,7-9,11H,3-4,6,13H2,(H,14,15). The van der Waals surface area contributed by atoms with Crippen LogP contribution in [0.1, 0.15) is 30.2 Å². The van der Waals surface area contributed by atoms with E-state index in [1.807, 2.05) is 17.5 Å². The average molecular weight is 252 g/mol. The Hall–Kier alpha value is -0.910. The number of rotatable bonds is 3. The van der Waals surface area contributed by atoms with Crippen LogP contribution in [0.3, 0.4) is 0 Å². The van der Waals surface area contributed by atoms with Crippen molar-refractivity contribution in [2.45, 2.75) is 43.6 Å². The molecule has 2 fully saturated rings. The average Bonchev–Trinajstić information content (AvgIpc) is 3.04. The molecular formula is C12H16N2O2S. The number of hydrogen-bond acceptors (Lipinski definition) is 4. The Bertz CT molecular complexity index is 407. The van der Waals surface area contributed by atoms with Gasteiger partial charge in [-0.2, -0.15) is 0 Å². The third-order valence-corrected chi connectivity index (χ3v) is 4.52. The Morgan fingerprint density at radius 1 is 1.59 bits per heavy atom. The number of fused-ring (bicyclic) bond motifs is 2. The normalized spacial score (nSPS) is 32.6. The lowest BCUT2D eigenvalue weighted by Crippen LogP contribution is -2.45. The lowest BCUT2D eigenvalue weighted by atomic mass is 9.95. The lowest BCUT2D eigenvalue weighted by molar-refractivity contribution is -0.123. The van der Waals surface area contributed by atoms with Crippen LogP contribution < -0.4 is 11.1 Å². The van der Waals surface area contributed by atoms with Crippen molar-refractivity contribution < 1.29 is 9.53 Å². The molecule has 2 bridgehead atoms. The summed E-state index contributed by atoms with van der Waals surface area (Å²) < 4.78 is 5.70. The fourth-order valence-corrected chi connectivity index (χ4v) is 3.38. The molecule has 17 heavy (non-hydrogen) atoms. The molecule has 3 heterocycles. The Labute approximate surface area is 104 Å². The molecule has 0 aliphatic carbocycles. The number of carbonyl (C=O) groups is 1. The maximum absolute atomic E-state index is 12.0. The van der Waals surface area contributed by atoms with Gasteiger partial charge in [-0.15, -0.1) is 11.3 Å². The van der Waals surface area contributed by atoms with Gasteiger partial charge in [0, 0.05) is 4.88 Å². The summed E-state index contributed by atoms with van der Waals surface area (Å²) in [5.74, 6) is -0.0893. The van der Waals surface area contributed by atoms with Crippen molar-refractivity contribution in [2.75, 3.05) is 0 Å². The maximum atomic E-state index is 12.0. The Morgan fingerprint density at radius 3 is 3.06 bits per heavy atom. The number of nitrogens with two attached hydrogens (primary N) is 1. The summed E-state index contributed by atoms with van der Waals surface area (Å²) in [5, 5.41) is 4.95. The summed E-state index contributed by atoms with van der Waals surface area (Å²) >= 11 is 1.52. The highest BCUT2D eigenvalue weighted by Crippen LogP contribution is 2.34. The molecule has 4 nitrogen and oxygen atoms in total. The maximum Gasteiger partial charge on any atom is 0.242 e. The fraction of sp³-hybridized carbons (Fsp3) is 0.583. The van der Waals surface area contributed by atoms with Gasteiger partial charge in [0.05, 0.1) is 18.2 Å². The molecule has 3 N–H and O–H groups in total. The molecule has 0 saturated carbocycles. The van der Waals surface area contributed by atoms with Crippen LogP contribution in [0.4, 0.5) is 0 Å². The zero-order chi connectivity index (χ0) is 11.8. The zero-order valence-electron chi connectivity index (χ0n) is 9.46. The van der Waals surface area contributed by atoms with E-state index in [0.29, 0.717) is 6.10 Å². The molecule has 2 saturated heterocycles. The Kier molecular flexibility index (Phi) is 2.90. The van der Waals surface area contributed by atoms with E-state index >= 15 is 0 Å². The van der Waals surface area contributed by atoms with Crippen LogP contribution in [0, 0.1) is 0 Å². The van der Waals surface area contributed by atoms with Crippen molar-refractivity contribution in [3.8, 4) is 0 Å². The first kappa shape index (κ1) is 11.2. The molecule has 3 rings (SSSR count). The highest BCUT2D eigenvalue weighted by molar-refractivity contribution is 7.10. The molecule has 1 amide bonds. The Morgan fingerprint density at radius 2 is 2.47 bits per heavy atom. The van der Waals surface area contributed by atoms with Gasteiger partial charge in [-0.05, 0) is 30.7 Å². The van der Waals surface area contributed by atoms with Crippen LogP contribution in [-0.2, 0) is 9.53 Å². The number of ether oxygens (including phenoxy) is 1. The summed E-state index contributed by atoms with van der Waals surface area (Å²) in [6, 6.07) is 3.42. The van der Waals surface area contributed by atoms with E-state index in [1.165, 1.54) is 11.3 Å². The highest BCUT2D eigenvalue weighted by atomic mass is 32.1. The minimum atomic E-state index is -0.547. The predicted octanol–water partition coefficient (Wildman–Crippen LogP) is 1.18. The van der Waals surface area contributed by atoms with E-state index in [0.717, 1.165) is 24.1 Å². The summed E-state index contributed by atoms with van der Waals surface area (Å²) in [7, 11) is 0. The van der Waals surface area contributed by atoms with Crippen LogP contribution in [0.25, 0.3) is 0 Å². The molecule has 0 radical (unpaired) electrons. The largest absolute Gasteiger partial charge is 0.373 e. The van der Waals surface area contributed by atoms with Gasteiger partial charge in [-0.1, -0.05) is 6.07 Å². The number of carbonyl (C=O) groups excluding carboxylic acids is 1. The fourth-order valence-electron chi connectivity index (χ4n) is 2.66. The molecule has 92 valence electrons. The summed E-state index contributed by atoms with van der Waals surface area (Å²) in [6.07, 6.45) is 3.69. The third-order valence-electron chi connectivity index (χ3n) is 3.57. The van der Waals surface area contributed by atoms with E-state index in [-0.39, 0.29) is 18.1 Å². The van der Waals surface area contributed by atoms with Crippen molar-refractivity contribution >= 4 is 17.2 Å². The number of amides is 1. The zero-order valence-corrected chi connectivity index (χ0v) is 10.3. The van der Waals surface area contributed by atoms with Gasteiger partial charge < -0.3 is 15.8 Å². The third kappa shape index (κ3) is 2.10. The smallest absolute Gasteiger partial charge is 0.242 e. The minimum absolute atomic E-state index is 0.0893. The lowest BCUT2D eigenvalue weighted by Gasteiger charge is -2.21. The van der Waals surface area contributed by atoms with Crippen LogP contribution in [0.2, 0.25) is 0 Å². The van der Waals surface area contributed by atoms with E-state index in [1.54, 1.807) is 0 Å². The SMILES string of the molecule is NC(C(=O)NC1CC2CCC1O2)c1cccs1. The molecule has 1 aromatic rings. The van der Waals surface area contributed by atoms with Crippen molar-refractivity contribution in [3.05, 3.63) is 22.4 Å². The van der Waals surface area contributed by atoms with E-state index in [9.17, 15) is 4.79 Å². The number of hydrogen-bond donors (Lipinski definition) is 2. The molecular weight excluding hydrogens is 236 g/mol. The topological polar surface area (TPSA) is 64.4 Å². The minimum Gasteiger partial charge on any atom is -0.373 e. The monoisotopic (exact) mass is 252 g/mol. The van der Waals surface area contributed by atoms with Gasteiger partial charge >= 0.3 is 0 Å². The van der Waals surface area contributed by atoms with Crippen molar-refractivity contribution in [1.29, 1.82) is 0 Å². The van der Waals surface area contributed by atoms with Gasteiger partial charge in [0.2, 0.25) is 5.91 Å². The van der Waals surface area contributed by atoms with Crippen LogP contribution in [0.5, 0.6) is 0 Å². The van der Waals surface area contributed by atoms with E-state index in [4.69, 9.17) is 10.5 Å². The number of thiophene rings is 1. The molecule has 2 aliphatic rings. The predicted molar refractivity (Wildman–Crippen MR) is 65.7 cm³/mol. The summed E-state index contributed by atoms with van der Waals surface area (Å²) in [6.45, 7) is 0. The van der Waals surface area contributed by atoms with Crippen LogP contribution in [-0.4, -0.2) is 24.2 Å². The van der Waals surface area contributed by atoms with Gasteiger partial charge in [0.25, 0.3) is 0 Å². The van der Waals surface area contributed by atoms with E-state index in [2.05, 4.69) is 5.32 Å². The Balaban J connectivity index is 1.60. The van der Waals surface area contributed by atoms with Crippen LogP contribution in [0.15, 0.2) is 17.5 Å². The van der Waals surface area contributed by atoms with Crippen LogP contribution >= 0.6 is 11.3 Å². The molecule has 4 unspecified atom stereocenters. The van der Waals surface area contributed by atoms with Gasteiger partial charge in [-0.3, -0.25) is 4.79 Å². The number of nitrogens with one attached hydrogen (secondary N) is 1. The van der Waals surface area contributed by atoms with Crippen molar-refractivity contribution in [2.24, 2.45) is 5.73 Å². The second kappa shape index (κ2) is 4.40. The van der Waals surface area contributed by atoms with E-state index < -0.39 is 6.04 Å². The van der Waals surface area contributed by atoms with Crippen molar-refractivity contribution in [1.82, 2.24) is 5.32 Å². The summed E-state index contributed by atoms with van der Waals surface area (Å²) in [4.78, 5) is 12.9. The molecule has 0 spiro atoms. The van der Waals surface area contributed by atoms with Gasteiger partial charge in [0.15, 0.2) is 0 Å². The molecule has 0 aromatic carbocycles. The molecule has 1 aromatic heterocycles. The first-order valence-electron chi connectivity index (χ1n) is 5.99.